The number of nitrogens with one attached hydrogen (secondary N) is 1. The van der Waals surface area contributed by atoms with E-state index in [0.29, 0.717) is 6.10 Å². The Balaban J connectivity index is 3.44. The maximum absolute atomic E-state index is 5.81. The molecule has 0 aliphatic rings. The van der Waals surface area contributed by atoms with Crippen molar-refractivity contribution in [3.8, 4) is 0 Å². The number of ether oxygens (including phenoxy) is 1. The van der Waals surface area contributed by atoms with Crippen LogP contribution in [0.5, 0.6) is 0 Å². The van der Waals surface area contributed by atoms with Gasteiger partial charge in [-0.1, -0.05) is 33.6 Å². The third-order valence-electron chi connectivity index (χ3n) is 2.26. The molecule has 0 aromatic carbocycles. The van der Waals surface area contributed by atoms with Crippen molar-refractivity contribution in [3.63, 3.8) is 0 Å². The predicted molar refractivity (Wildman–Crippen MR) is 62.7 cm³/mol. The van der Waals surface area contributed by atoms with E-state index in [2.05, 4.69) is 26.1 Å². The minimum absolute atomic E-state index is 0.429. The molecule has 0 bridgehead atoms. The highest BCUT2D eigenvalue weighted by atomic mass is 16.5. The SMILES string of the molecule is CCCCOC(CCC)CNCCC. The van der Waals surface area contributed by atoms with Crippen molar-refractivity contribution in [2.75, 3.05) is 19.7 Å². The molecule has 1 unspecified atom stereocenters. The van der Waals surface area contributed by atoms with Crippen LogP contribution in [0.3, 0.4) is 0 Å². The van der Waals surface area contributed by atoms with Gasteiger partial charge in [-0.15, -0.1) is 0 Å². The molecule has 0 rings (SSSR count). The van der Waals surface area contributed by atoms with Crippen LogP contribution in [0, 0.1) is 0 Å². The minimum atomic E-state index is 0.429. The maximum Gasteiger partial charge on any atom is 0.0699 e. The van der Waals surface area contributed by atoms with Gasteiger partial charge in [0.25, 0.3) is 0 Å². The summed E-state index contributed by atoms with van der Waals surface area (Å²) in [5.41, 5.74) is 0. The summed E-state index contributed by atoms with van der Waals surface area (Å²) in [6.07, 6.45) is 6.44. The van der Waals surface area contributed by atoms with Gasteiger partial charge in [-0.2, -0.15) is 0 Å². The lowest BCUT2D eigenvalue weighted by Crippen LogP contribution is -2.29. The molecule has 0 fully saturated rings. The largest absolute Gasteiger partial charge is 0.377 e. The lowest BCUT2D eigenvalue weighted by atomic mass is 10.2. The van der Waals surface area contributed by atoms with Crippen molar-refractivity contribution >= 4 is 0 Å². The smallest absolute Gasteiger partial charge is 0.0699 e. The molecule has 14 heavy (non-hydrogen) atoms. The van der Waals surface area contributed by atoms with Gasteiger partial charge < -0.3 is 10.1 Å². The summed E-state index contributed by atoms with van der Waals surface area (Å²) in [6, 6.07) is 0. The van der Waals surface area contributed by atoms with Crippen LogP contribution < -0.4 is 5.32 Å². The summed E-state index contributed by atoms with van der Waals surface area (Å²) in [7, 11) is 0. The first-order chi connectivity index (χ1) is 6.85. The summed E-state index contributed by atoms with van der Waals surface area (Å²) >= 11 is 0. The van der Waals surface area contributed by atoms with Gasteiger partial charge in [0.2, 0.25) is 0 Å². The first kappa shape index (κ1) is 13.9. The Bertz CT molecular complexity index is 96.5. The molecule has 0 aromatic heterocycles. The van der Waals surface area contributed by atoms with Crippen LogP contribution in [0.15, 0.2) is 0 Å². The summed E-state index contributed by atoms with van der Waals surface area (Å²) in [5.74, 6) is 0. The van der Waals surface area contributed by atoms with Crippen molar-refractivity contribution in [2.45, 2.75) is 59.0 Å². The van der Waals surface area contributed by atoms with Crippen molar-refractivity contribution in [1.29, 1.82) is 0 Å². The number of hydrogen-bond donors (Lipinski definition) is 1. The lowest BCUT2D eigenvalue weighted by Gasteiger charge is -2.17. The van der Waals surface area contributed by atoms with Crippen LogP contribution in [-0.2, 0) is 4.74 Å². The average molecular weight is 201 g/mol. The van der Waals surface area contributed by atoms with E-state index in [4.69, 9.17) is 4.74 Å². The van der Waals surface area contributed by atoms with Crippen molar-refractivity contribution in [1.82, 2.24) is 5.32 Å². The summed E-state index contributed by atoms with van der Waals surface area (Å²) in [6.45, 7) is 9.67. The fourth-order valence-corrected chi connectivity index (χ4v) is 1.40. The number of rotatable bonds is 10. The third-order valence-corrected chi connectivity index (χ3v) is 2.26. The van der Waals surface area contributed by atoms with Crippen LogP contribution in [0.1, 0.15) is 52.9 Å². The first-order valence-corrected chi connectivity index (χ1v) is 6.17. The van der Waals surface area contributed by atoms with Crippen LogP contribution in [0.25, 0.3) is 0 Å². The Morgan fingerprint density at radius 3 is 2.43 bits per heavy atom. The van der Waals surface area contributed by atoms with E-state index >= 15 is 0 Å². The van der Waals surface area contributed by atoms with Crippen molar-refractivity contribution < 1.29 is 4.74 Å². The van der Waals surface area contributed by atoms with Crippen LogP contribution >= 0.6 is 0 Å². The number of unbranched alkanes of at least 4 members (excludes halogenated alkanes) is 1. The zero-order chi connectivity index (χ0) is 10.6. The highest BCUT2D eigenvalue weighted by molar-refractivity contribution is 4.61. The first-order valence-electron chi connectivity index (χ1n) is 6.17. The van der Waals surface area contributed by atoms with Crippen molar-refractivity contribution in [3.05, 3.63) is 0 Å². The standard InChI is InChI=1S/C12H27NO/c1-4-7-10-14-12(8-5-2)11-13-9-6-3/h12-13H,4-11H2,1-3H3. The van der Waals surface area contributed by atoms with E-state index in [9.17, 15) is 0 Å². The Morgan fingerprint density at radius 1 is 1.07 bits per heavy atom. The van der Waals surface area contributed by atoms with Gasteiger partial charge in [0.05, 0.1) is 6.10 Å². The summed E-state index contributed by atoms with van der Waals surface area (Å²) in [5, 5.41) is 3.42. The van der Waals surface area contributed by atoms with Gasteiger partial charge in [-0.25, -0.2) is 0 Å². The fourth-order valence-electron chi connectivity index (χ4n) is 1.40. The van der Waals surface area contributed by atoms with Gasteiger partial charge in [-0.3, -0.25) is 0 Å². The highest BCUT2D eigenvalue weighted by Crippen LogP contribution is 2.02. The second-order valence-electron chi connectivity index (χ2n) is 3.84. The second kappa shape index (κ2) is 11.0. The van der Waals surface area contributed by atoms with Gasteiger partial charge in [0.1, 0.15) is 0 Å². The van der Waals surface area contributed by atoms with Crippen molar-refractivity contribution in [2.24, 2.45) is 0 Å². The van der Waals surface area contributed by atoms with Gasteiger partial charge in [-0.05, 0) is 25.8 Å². The Morgan fingerprint density at radius 2 is 1.86 bits per heavy atom. The molecular weight excluding hydrogens is 174 g/mol. The molecule has 0 aromatic rings. The van der Waals surface area contributed by atoms with Gasteiger partial charge in [0, 0.05) is 13.2 Å². The number of hydrogen-bond acceptors (Lipinski definition) is 2. The van der Waals surface area contributed by atoms with E-state index in [1.165, 1.54) is 32.1 Å². The molecule has 2 nitrogen and oxygen atoms in total. The maximum atomic E-state index is 5.81. The van der Waals surface area contributed by atoms with Crippen LogP contribution in [0.2, 0.25) is 0 Å². The Kier molecular flexibility index (Phi) is 10.9. The molecule has 0 aliphatic carbocycles. The van der Waals surface area contributed by atoms with E-state index < -0.39 is 0 Å². The van der Waals surface area contributed by atoms with E-state index in [1.807, 2.05) is 0 Å². The van der Waals surface area contributed by atoms with E-state index in [-0.39, 0.29) is 0 Å². The molecule has 0 heterocycles. The minimum Gasteiger partial charge on any atom is -0.377 e. The molecule has 1 atom stereocenters. The monoisotopic (exact) mass is 201 g/mol. The second-order valence-corrected chi connectivity index (χ2v) is 3.84. The third kappa shape index (κ3) is 8.52. The fraction of sp³-hybridized carbons (Fsp3) is 1.00. The molecule has 0 amide bonds. The molecular formula is C12H27NO. The molecule has 0 spiro atoms. The van der Waals surface area contributed by atoms with E-state index in [0.717, 1.165) is 19.7 Å². The van der Waals surface area contributed by atoms with E-state index in [1.54, 1.807) is 0 Å². The molecule has 0 aliphatic heterocycles. The molecule has 2 heteroatoms. The van der Waals surface area contributed by atoms with Crippen LogP contribution in [-0.4, -0.2) is 25.8 Å². The average Bonchev–Trinajstić information content (AvgIpc) is 2.18. The predicted octanol–water partition coefficient (Wildman–Crippen LogP) is 2.97. The molecule has 1 N–H and O–H groups in total. The van der Waals surface area contributed by atoms with Gasteiger partial charge >= 0.3 is 0 Å². The summed E-state index contributed by atoms with van der Waals surface area (Å²) < 4.78 is 5.81. The summed E-state index contributed by atoms with van der Waals surface area (Å²) in [4.78, 5) is 0. The lowest BCUT2D eigenvalue weighted by molar-refractivity contribution is 0.0454. The topological polar surface area (TPSA) is 21.3 Å². The zero-order valence-electron chi connectivity index (χ0n) is 10.1. The van der Waals surface area contributed by atoms with Gasteiger partial charge in [0.15, 0.2) is 0 Å². The molecule has 0 saturated heterocycles. The quantitative estimate of drug-likeness (QED) is 0.549. The zero-order valence-corrected chi connectivity index (χ0v) is 10.1. The normalized spacial score (nSPS) is 13.1. The highest BCUT2D eigenvalue weighted by Gasteiger charge is 2.06. The van der Waals surface area contributed by atoms with Crippen LogP contribution in [0.4, 0.5) is 0 Å². The Labute approximate surface area is 89.4 Å². The molecule has 0 saturated carbocycles. The Hall–Kier alpha value is -0.0800. The molecule has 0 radical (unpaired) electrons. The molecule has 86 valence electrons.